The minimum absolute atomic E-state index is 0.0364. The molecular formula is C22H25FN2O4S. The molecule has 3 rings (SSSR count). The number of carbonyl (C=O) groups excluding carboxylic acids is 2. The van der Waals surface area contributed by atoms with Gasteiger partial charge < -0.3 is 5.32 Å². The summed E-state index contributed by atoms with van der Waals surface area (Å²) in [6, 6.07) is 10.8. The summed E-state index contributed by atoms with van der Waals surface area (Å²) >= 11 is 0. The highest BCUT2D eigenvalue weighted by molar-refractivity contribution is 7.89. The second kappa shape index (κ2) is 9.49. The van der Waals surface area contributed by atoms with Crippen LogP contribution in [0.2, 0.25) is 0 Å². The van der Waals surface area contributed by atoms with Gasteiger partial charge in [-0.3, -0.25) is 9.59 Å². The first-order chi connectivity index (χ1) is 14.3. The van der Waals surface area contributed by atoms with Crippen LogP contribution in [0.15, 0.2) is 53.4 Å². The van der Waals surface area contributed by atoms with Crippen molar-refractivity contribution in [3.05, 3.63) is 65.5 Å². The highest BCUT2D eigenvalue weighted by atomic mass is 32.2. The molecule has 1 heterocycles. The molecule has 0 aliphatic carbocycles. The number of carbonyl (C=O) groups is 2. The molecule has 1 fully saturated rings. The largest absolute Gasteiger partial charge is 0.351 e. The maximum absolute atomic E-state index is 13.1. The van der Waals surface area contributed by atoms with Gasteiger partial charge in [-0.25, -0.2) is 12.8 Å². The van der Waals surface area contributed by atoms with E-state index in [1.807, 2.05) is 13.0 Å². The van der Waals surface area contributed by atoms with E-state index in [0.29, 0.717) is 24.8 Å². The van der Waals surface area contributed by atoms with Gasteiger partial charge in [-0.15, -0.1) is 0 Å². The van der Waals surface area contributed by atoms with Gasteiger partial charge >= 0.3 is 0 Å². The molecule has 0 aromatic heterocycles. The molecule has 1 saturated heterocycles. The van der Waals surface area contributed by atoms with Gasteiger partial charge in [0.15, 0.2) is 5.78 Å². The minimum Gasteiger partial charge on any atom is -0.351 e. The Balaban J connectivity index is 1.68. The number of Topliss-reactive ketones (excluding diaryl/α,β-unsaturated/α-hetero) is 1. The van der Waals surface area contributed by atoms with Gasteiger partial charge in [0.2, 0.25) is 15.9 Å². The lowest BCUT2D eigenvalue weighted by Crippen LogP contribution is -2.45. The summed E-state index contributed by atoms with van der Waals surface area (Å²) in [4.78, 5) is 24.8. The van der Waals surface area contributed by atoms with Crippen LogP contribution in [-0.4, -0.2) is 37.0 Å². The predicted octanol–water partition coefficient (Wildman–Crippen LogP) is 3.28. The number of hydrogen-bond acceptors (Lipinski definition) is 4. The normalized spacial score (nSPS) is 17.1. The van der Waals surface area contributed by atoms with Crippen LogP contribution in [0, 0.1) is 5.82 Å². The molecular weight excluding hydrogens is 407 g/mol. The van der Waals surface area contributed by atoms with Crippen LogP contribution in [0.5, 0.6) is 0 Å². The third-order valence-corrected chi connectivity index (χ3v) is 7.04. The minimum atomic E-state index is -3.90. The number of halogens is 1. The lowest BCUT2D eigenvalue weighted by molar-refractivity contribution is -0.124. The summed E-state index contributed by atoms with van der Waals surface area (Å²) in [5, 5.41) is 2.79. The Bertz CT molecular complexity index is 1020. The number of amides is 1. The molecule has 160 valence electrons. The Morgan fingerprint density at radius 2 is 1.90 bits per heavy atom. The van der Waals surface area contributed by atoms with Crippen LogP contribution >= 0.6 is 0 Å². The topological polar surface area (TPSA) is 83.6 Å². The fourth-order valence-electron chi connectivity index (χ4n) is 3.56. The van der Waals surface area contributed by atoms with Crippen molar-refractivity contribution >= 4 is 21.7 Å². The van der Waals surface area contributed by atoms with E-state index in [1.165, 1.54) is 16.4 Å². The fourth-order valence-corrected chi connectivity index (χ4v) is 5.22. The molecule has 1 atom stereocenters. The van der Waals surface area contributed by atoms with E-state index in [-0.39, 0.29) is 29.7 Å². The molecule has 1 N–H and O–H groups in total. The van der Waals surface area contributed by atoms with Crippen molar-refractivity contribution in [2.45, 2.75) is 50.1 Å². The second-order valence-corrected chi connectivity index (χ2v) is 9.21. The van der Waals surface area contributed by atoms with Crippen LogP contribution in [-0.2, 0) is 21.4 Å². The molecule has 1 aliphatic rings. The maximum Gasteiger partial charge on any atom is 0.243 e. The number of sulfonamides is 1. The van der Waals surface area contributed by atoms with E-state index >= 15 is 0 Å². The monoisotopic (exact) mass is 432 g/mol. The predicted molar refractivity (Wildman–Crippen MR) is 111 cm³/mol. The third-order valence-electron chi connectivity index (χ3n) is 5.12. The first-order valence-electron chi connectivity index (χ1n) is 10.00. The molecule has 6 nitrogen and oxygen atoms in total. The molecule has 2 aromatic carbocycles. The van der Waals surface area contributed by atoms with Crippen molar-refractivity contribution in [2.24, 2.45) is 0 Å². The van der Waals surface area contributed by atoms with Gasteiger partial charge in [-0.1, -0.05) is 25.1 Å². The molecule has 30 heavy (non-hydrogen) atoms. The molecule has 1 amide bonds. The Kier molecular flexibility index (Phi) is 6.99. The summed E-state index contributed by atoms with van der Waals surface area (Å²) in [7, 11) is -3.90. The van der Waals surface area contributed by atoms with Gasteiger partial charge in [0.05, 0.1) is 4.90 Å². The molecule has 0 spiro atoms. The fraction of sp³-hybridized carbons (Fsp3) is 0.364. The summed E-state index contributed by atoms with van der Waals surface area (Å²) in [5.74, 6) is -0.856. The van der Waals surface area contributed by atoms with E-state index in [1.54, 1.807) is 18.2 Å². The third kappa shape index (κ3) is 4.94. The summed E-state index contributed by atoms with van der Waals surface area (Å²) in [5.41, 5.74) is 1.38. The van der Waals surface area contributed by atoms with E-state index in [2.05, 4.69) is 5.32 Å². The van der Waals surface area contributed by atoms with E-state index < -0.39 is 21.9 Å². The molecule has 0 unspecified atom stereocenters. The molecule has 0 bridgehead atoms. The SMILES string of the molecule is CCCC(=O)c1cccc(CNC(=O)[C@@H]2CCCN2S(=O)(=O)c2ccc(F)cc2)c1. The number of nitrogens with one attached hydrogen (secondary N) is 1. The lowest BCUT2D eigenvalue weighted by atomic mass is 10.0. The van der Waals surface area contributed by atoms with Crippen LogP contribution < -0.4 is 5.32 Å². The average molecular weight is 433 g/mol. The van der Waals surface area contributed by atoms with Crippen molar-refractivity contribution in [3.63, 3.8) is 0 Å². The maximum atomic E-state index is 13.1. The van der Waals surface area contributed by atoms with Gasteiger partial charge in [0, 0.05) is 25.1 Å². The molecule has 8 heteroatoms. The first-order valence-corrected chi connectivity index (χ1v) is 11.4. The summed E-state index contributed by atoms with van der Waals surface area (Å²) in [6.07, 6.45) is 2.22. The number of benzene rings is 2. The Labute approximate surface area is 176 Å². The van der Waals surface area contributed by atoms with Crippen molar-refractivity contribution in [3.8, 4) is 0 Å². The van der Waals surface area contributed by atoms with Crippen molar-refractivity contribution in [1.82, 2.24) is 9.62 Å². The van der Waals surface area contributed by atoms with Crippen molar-refractivity contribution < 1.29 is 22.4 Å². The van der Waals surface area contributed by atoms with E-state index in [4.69, 9.17) is 0 Å². The Morgan fingerprint density at radius 3 is 2.60 bits per heavy atom. The highest BCUT2D eigenvalue weighted by Crippen LogP contribution is 2.26. The number of nitrogens with zero attached hydrogens (tertiary/aromatic N) is 1. The van der Waals surface area contributed by atoms with Gasteiger partial charge in [0.25, 0.3) is 0 Å². The van der Waals surface area contributed by atoms with Crippen LogP contribution in [0.25, 0.3) is 0 Å². The number of rotatable bonds is 8. The van der Waals surface area contributed by atoms with Crippen LogP contribution in [0.1, 0.15) is 48.5 Å². The highest BCUT2D eigenvalue weighted by Gasteiger charge is 2.39. The van der Waals surface area contributed by atoms with Gasteiger partial charge in [0.1, 0.15) is 11.9 Å². The van der Waals surface area contributed by atoms with Crippen molar-refractivity contribution in [2.75, 3.05) is 6.54 Å². The molecule has 2 aromatic rings. The Morgan fingerprint density at radius 1 is 1.17 bits per heavy atom. The van der Waals surface area contributed by atoms with Gasteiger partial charge in [-0.05, 0) is 55.2 Å². The smallest absolute Gasteiger partial charge is 0.243 e. The standard InChI is InChI=1S/C22H25FN2O4S/c1-2-5-21(26)17-7-3-6-16(14-17)15-24-22(27)20-8-4-13-25(20)30(28,29)19-11-9-18(23)10-12-19/h3,6-7,9-12,14,20H,2,4-5,8,13,15H2,1H3,(H,24,27)/t20-/m0/s1. The van der Waals surface area contributed by atoms with E-state index in [0.717, 1.165) is 24.1 Å². The van der Waals surface area contributed by atoms with Gasteiger partial charge in [-0.2, -0.15) is 4.31 Å². The summed E-state index contributed by atoms with van der Waals surface area (Å²) in [6.45, 7) is 2.38. The van der Waals surface area contributed by atoms with E-state index in [9.17, 15) is 22.4 Å². The summed E-state index contributed by atoms with van der Waals surface area (Å²) < 4.78 is 40.1. The number of hydrogen-bond donors (Lipinski definition) is 1. The second-order valence-electron chi connectivity index (χ2n) is 7.32. The quantitative estimate of drug-likeness (QED) is 0.649. The molecule has 0 radical (unpaired) electrons. The zero-order valence-corrected chi connectivity index (χ0v) is 17.6. The Hall–Kier alpha value is -2.58. The molecule has 0 saturated carbocycles. The van der Waals surface area contributed by atoms with Crippen molar-refractivity contribution in [1.29, 1.82) is 0 Å². The van der Waals surface area contributed by atoms with Crippen LogP contribution in [0.4, 0.5) is 4.39 Å². The molecule has 1 aliphatic heterocycles. The number of ketones is 1. The zero-order chi connectivity index (χ0) is 21.7. The zero-order valence-electron chi connectivity index (χ0n) is 16.8. The van der Waals surface area contributed by atoms with Crippen LogP contribution in [0.3, 0.4) is 0 Å². The lowest BCUT2D eigenvalue weighted by Gasteiger charge is -2.23. The first kappa shape index (κ1) is 22.1. The average Bonchev–Trinajstić information content (AvgIpc) is 3.24.